The third-order valence-corrected chi connectivity index (χ3v) is 5.94. The van der Waals surface area contributed by atoms with Gasteiger partial charge in [-0.3, -0.25) is 4.79 Å². The van der Waals surface area contributed by atoms with Gasteiger partial charge in [-0.25, -0.2) is 9.36 Å². The highest BCUT2D eigenvalue weighted by Gasteiger charge is 2.56. The van der Waals surface area contributed by atoms with Gasteiger partial charge in [-0.2, -0.15) is 0 Å². The molecular weight excluding hydrogens is 396 g/mol. The quantitative estimate of drug-likeness (QED) is 0.563. The zero-order chi connectivity index (χ0) is 17.6. The second kappa shape index (κ2) is 6.50. The smallest absolute Gasteiger partial charge is 0.353 e. The lowest BCUT2D eigenvalue weighted by atomic mass is 9.83. The molecule has 128 valence electrons. The second-order valence-corrected chi connectivity index (χ2v) is 8.13. The van der Waals surface area contributed by atoms with Crippen LogP contribution in [0.2, 0.25) is 0 Å². The van der Waals surface area contributed by atoms with E-state index in [0.29, 0.717) is 17.1 Å². The number of halogens is 1. The van der Waals surface area contributed by atoms with Crippen LogP contribution in [0.25, 0.3) is 0 Å². The van der Waals surface area contributed by atoms with Gasteiger partial charge in [0.25, 0.3) is 0 Å². The highest BCUT2D eigenvalue weighted by atomic mass is 79.9. The average Bonchev–Trinajstić information content (AvgIpc) is 2.78. The van der Waals surface area contributed by atoms with Gasteiger partial charge in [-0.15, -0.1) is 11.8 Å². The van der Waals surface area contributed by atoms with Crippen molar-refractivity contribution in [3.63, 3.8) is 0 Å². The van der Waals surface area contributed by atoms with Crippen LogP contribution in [0.5, 0.6) is 0 Å². The number of hydrogen-bond acceptors (Lipinski definition) is 4. The number of aliphatic carboxylic acids is 1. The Hall–Kier alpha value is -1.38. The molecule has 0 saturated carbocycles. The van der Waals surface area contributed by atoms with Crippen molar-refractivity contribution < 1.29 is 24.4 Å². The highest BCUT2D eigenvalue weighted by molar-refractivity contribution is 9.10. The number of nitrogens with zero attached hydrogens (tertiary/aromatic N) is 2. The number of fused-ring (bicyclic) bond motifs is 1. The number of rotatable bonds is 5. The molecule has 3 heterocycles. The number of carboxylic acids is 1. The number of hydrogen-bond donors (Lipinski definition) is 2. The van der Waals surface area contributed by atoms with Crippen molar-refractivity contribution in [3.05, 3.63) is 39.1 Å². The zero-order valence-electron chi connectivity index (χ0n) is 13.3. The maximum absolute atomic E-state index is 12.2. The Balaban J connectivity index is 1.80. The topological polar surface area (TPSA) is 81.7 Å². The number of thioether (sulfide) groups is 1. The number of aryl methyl sites for hydroxylation is 1. The second-order valence-electron chi connectivity index (χ2n) is 6.14. The first-order chi connectivity index (χ1) is 11.3. The molecule has 1 unspecified atom stereocenters. The molecule has 8 heteroatoms. The number of aliphatic hydroxyl groups is 1. The number of amides is 1. The van der Waals surface area contributed by atoms with Crippen LogP contribution in [-0.2, 0) is 22.4 Å². The van der Waals surface area contributed by atoms with Gasteiger partial charge in [0.2, 0.25) is 5.91 Å². The summed E-state index contributed by atoms with van der Waals surface area (Å²) >= 11 is 4.89. The van der Waals surface area contributed by atoms with E-state index in [1.54, 1.807) is 6.92 Å². The summed E-state index contributed by atoms with van der Waals surface area (Å²) in [5, 5.41) is 19.2. The van der Waals surface area contributed by atoms with Crippen molar-refractivity contribution in [2.75, 3.05) is 0 Å². The Labute approximate surface area is 152 Å². The summed E-state index contributed by atoms with van der Waals surface area (Å²) in [5.41, 5.74) is 1.13. The molecule has 1 aromatic rings. The SMILES string of the molecule is CC(O)[C@H]1C(=O)N2C(C(=O)O)=C(SCc3cc(Br)c[n+](C)c3)C[C@H]12. The van der Waals surface area contributed by atoms with Gasteiger partial charge in [-0.05, 0) is 28.9 Å². The number of aromatic nitrogens is 1. The molecule has 2 N–H and O–H groups in total. The molecule has 24 heavy (non-hydrogen) atoms. The molecule has 2 aliphatic rings. The molecule has 1 amide bonds. The Bertz CT molecular complexity index is 729. The lowest BCUT2D eigenvalue weighted by Crippen LogP contribution is -2.61. The van der Waals surface area contributed by atoms with E-state index < -0.39 is 18.0 Å². The molecule has 0 radical (unpaired) electrons. The molecule has 6 nitrogen and oxygen atoms in total. The first kappa shape index (κ1) is 17.4. The van der Waals surface area contributed by atoms with Crippen molar-refractivity contribution in [2.24, 2.45) is 13.0 Å². The van der Waals surface area contributed by atoms with Gasteiger partial charge >= 0.3 is 5.97 Å². The molecule has 1 saturated heterocycles. The van der Waals surface area contributed by atoms with E-state index in [2.05, 4.69) is 15.9 Å². The van der Waals surface area contributed by atoms with Gasteiger partial charge in [0.05, 0.1) is 22.5 Å². The van der Waals surface area contributed by atoms with E-state index in [9.17, 15) is 19.8 Å². The van der Waals surface area contributed by atoms with E-state index in [1.807, 2.05) is 30.1 Å². The fraction of sp³-hybridized carbons (Fsp3) is 0.438. The third kappa shape index (κ3) is 2.98. The fourth-order valence-corrected chi connectivity index (χ4v) is 5.08. The first-order valence-electron chi connectivity index (χ1n) is 7.54. The number of pyridine rings is 1. The molecule has 0 aromatic carbocycles. The van der Waals surface area contributed by atoms with E-state index in [0.717, 1.165) is 10.0 Å². The summed E-state index contributed by atoms with van der Waals surface area (Å²) in [6.45, 7) is 1.58. The Morgan fingerprint density at radius 1 is 1.54 bits per heavy atom. The first-order valence-corrected chi connectivity index (χ1v) is 9.32. The molecule has 1 fully saturated rings. The van der Waals surface area contributed by atoms with Gasteiger partial charge < -0.3 is 15.1 Å². The number of carboxylic acid groups (broad SMARTS) is 1. The lowest BCUT2D eigenvalue weighted by Gasteiger charge is -2.44. The van der Waals surface area contributed by atoms with Crippen LogP contribution in [0.3, 0.4) is 0 Å². The van der Waals surface area contributed by atoms with Crippen LogP contribution < -0.4 is 4.57 Å². The minimum absolute atomic E-state index is 0.0753. The molecule has 0 spiro atoms. The monoisotopic (exact) mass is 413 g/mol. The molecular formula is C16H18BrN2O4S+. The van der Waals surface area contributed by atoms with Crippen LogP contribution in [-0.4, -0.2) is 39.1 Å². The predicted octanol–water partition coefficient (Wildman–Crippen LogP) is 1.41. The van der Waals surface area contributed by atoms with E-state index in [4.69, 9.17) is 0 Å². The molecule has 3 rings (SSSR count). The molecule has 2 aliphatic heterocycles. The van der Waals surface area contributed by atoms with Crippen LogP contribution in [0.15, 0.2) is 33.5 Å². The fourth-order valence-electron chi connectivity index (χ4n) is 3.35. The summed E-state index contributed by atoms with van der Waals surface area (Å²) < 4.78 is 2.89. The minimum Gasteiger partial charge on any atom is -0.477 e. The number of carbonyl (C=O) groups excluding carboxylic acids is 1. The lowest BCUT2D eigenvalue weighted by molar-refractivity contribution is -0.672. The van der Waals surface area contributed by atoms with Crippen LogP contribution in [0.4, 0.5) is 0 Å². The van der Waals surface area contributed by atoms with Crippen molar-refractivity contribution in [1.82, 2.24) is 4.90 Å². The third-order valence-electron chi connectivity index (χ3n) is 4.32. The maximum atomic E-state index is 12.2. The van der Waals surface area contributed by atoms with Gasteiger partial charge in [0.1, 0.15) is 12.7 Å². The van der Waals surface area contributed by atoms with Crippen molar-refractivity contribution >= 4 is 39.6 Å². The number of aliphatic hydroxyl groups excluding tert-OH is 1. The van der Waals surface area contributed by atoms with E-state index in [-0.39, 0.29) is 17.6 Å². The Morgan fingerprint density at radius 3 is 2.83 bits per heavy atom. The number of β-lactam (4-membered cyclic amide) rings is 1. The zero-order valence-corrected chi connectivity index (χ0v) is 15.7. The predicted molar refractivity (Wildman–Crippen MR) is 91.7 cm³/mol. The molecule has 1 aromatic heterocycles. The van der Waals surface area contributed by atoms with E-state index >= 15 is 0 Å². The van der Waals surface area contributed by atoms with Crippen molar-refractivity contribution in [1.29, 1.82) is 0 Å². The largest absolute Gasteiger partial charge is 0.477 e. The molecule has 0 aliphatic carbocycles. The standard InChI is InChI=1S/C16H17BrN2O4S/c1-8(20)13-11-4-12(14(16(22)23)19(11)15(13)21)24-7-9-3-10(17)6-18(2)5-9/h3,5-6,8,11,13,20H,4,7H2,1-2H3/p+1/t8?,11-,13-/m1/s1. The molecule has 3 atom stereocenters. The highest BCUT2D eigenvalue weighted by Crippen LogP contribution is 2.47. The van der Waals surface area contributed by atoms with Gasteiger partial charge in [0, 0.05) is 22.6 Å². The van der Waals surface area contributed by atoms with Gasteiger partial charge in [0.15, 0.2) is 12.4 Å². The summed E-state index contributed by atoms with van der Waals surface area (Å²) in [7, 11) is 1.92. The summed E-state index contributed by atoms with van der Waals surface area (Å²) in [5.74, 6) is -1.26. The normalized spacial score (nSPS) is 24.0. The minimum atomic E-state index is -1.09. The Kier molecular flexibility index (Phi) is 4.72. The van der Waals surface area contributed by atoms with Gasteiger partial charge in [-0.1, -0.05) is 0 Å². The van der Waals surface area contributed by atoms with Crippen molar-refractivity contribution in [2.45, 2.75) is 31.2 Å². The molecule has 0 bridgehead atoms. The van der Waals surface area contributed by atoms with Crippen LogP contribution in [0.1, 0.15) is 18.9 Å². The number of carbonyl (C=O) groups is 2. The van der Waals surface area contributed by atoms with Crippen LogP contribution in [0, 0.1) is 5.92 Å². The maximum Gasteiger partial charge on any atom is 0.353 e. The average molecular weight is 414 g/mol. The van der Waals surface area contributed by atoms with E-state index in [1.165, 1.54) is 16.7 Å². The van der Waals surface area contributed by atoms with Crippen LogP contribution >= 0.6 is 27.7 Å². The summed E-state index contributed by atoms with van der Waals surface area (Å²) in [6.07, 6.45) is 3.64. The summed E-state index contributed by atoms with van der Waals surface area (Å²) in [4.78, 5) is 25.8. The Morgan fingerprint density at radius 2 is 2.25 bits per heavy atom. The van der Waals surface area contributed by atoms with Crippen molar-refractivity contribution in [3.8, 4) is 0 Å². The summed E-state index contributed by atoms with van der Waals surface area (Å²) in [6, 6.07) is 1.76.